The highest BCUT2D eigenvalue weighted by molar-refractivity contribution is 5.56. The summed E-state index contributed by atoms with van der Waals surface area (Å²) in [5.41, 5.74) is 0. The molecule has 42 valence electrons. The maximum atomic E-state index is 6.83. The van der Waals surface area contributed by atoms with Crippen molar-refractivity contribution in [3.63, 3.8) is 0 Å². The summed E-state index contributed by atoms with van der Waals surface area (Å²) < 4.78 is 0. The third-order valence-corrected chi connectivity index (χ3v) is 1.28. The van der Waals surface area contributed by atoms with Crippen LogP contribution in [0.5, 0.6) is 0 Å². The predicted molar refractivity (Wildman–Crippen MR) is 32.9 cm³/mol. The van der Waals surface area contributed by atoms with Crippen LogP contribution in [0.4, 0.5) is 0 Å². The third kappa shape index (κ3) is 2.38. The maximum Gasteiger partial charge on any atom is -0.00169 e. The van der Waals surface area contributed by atoms with Crippen LogP contribution in [-0.2, 0) is 0 Å². The molecule has 0 aliphatic heterocycles. The second kappa shape index (κ2) is 3.85. The van der Waals surface area contributed by atoms with Crippen molar-refractivity contribution in [3.05, 3.63) is 0 Å². The first-order valence-corrected chi connectivity index (χ1v) is 2.85. The van der Waals surface area contributed by atoms with Gasteiger partial charge in [0, 0.05) is 0 Å². The quantitative estimate of drug-likeness (QED) is 0.524. The number of nitrogens with one attached hydrogen (secondary N) is 1. The van der Waals surface area contributed by atoms with E-state index in [1.54, 1.807) is 0 Å². The van der Waals surface area contributed by atoms with Gasteiger partial charge in [0.15, 0.2) is 0 Å². The average Bonchev–Trinajstić information content (AvgIpc) is 1.72. The minimum absolute atomic E-state index is 0.528. The van der Waals surface area contributed by atoms with Gasteiger partial charge in [-0.1, -0.05) is 13.8 Å². The molecule has 0 fully saturated rings. The molecule has 0 aromatic rings. The van der Waals surface area contributed by atoms with E-state index in [0.717, 1.165) is 12.8 Å². The molecule has 0 spiro atoms. The minimum atomic E-state index is 0.528. The highest BCUT2D eigenvalue weighted by Crippen LogP contribution is 2.01. The fourth-order valence-electron chi connectivity index (χ4n) is 0.524. The topological polar surface area (TPSA) is 23.9 Å². The lowest BCUT2D eigenvalue weighted by atomic mass is 10.1. The van der Waals surface area contributed by atoms with E-state index in [0.29, 0.717) is 5.92 Å². The van der Waals surface area contributed by atoms with E-state index in [1.807, 2.05) is 0 Å². The molecule has 0 aliphatic rings. The molecule has 0 amide bonds. The molecular weight excluding hydrogens is 86.1 g/mol. The number of hydrogen-bond acceptors (Lipinski definition) is 1. The summed E-state index contributed by atoms with van der Waals surface area (Å²) in [5, 5.41) is 6.83. The van der Waals surface area contributed by atoms with Crippen LogP contribution in [0.3, 0.4) is 0 Å². The Bertz CT molecular complexity index is 46.1. The SMILES string of the molecule is CCC(C=N)CC. The van der Waals surface area contributed by atoms with Crippen LogP contribution in [0, 0.1) is 11.3 Å². The molecule has 0 aliphatic carbocycles. The van der Waals surface area contributed by atoms with Crippen molar-refractivity contribution < 1.29 is 0 Å². The second-order valence-corrected chi connectivity index (χ2v) is 1.74. The highest BCUT2D eigenvalue weighted by Gasteiger charge is 1.93. The Morgan fingerprint density at radius 3 is 1.86 bits per heavy atom. The molecule has 1 heteroatoms. The van der Waals surface area contributed by atoms with Crippen LogP contribution in [0.1, 0.15) is 26.7 Å². The zero-order chi connectivity index (χ0) is 5.70. The number of rotatable bonds is 3. The molecule has 0 unspecified atom stereocenters. The van der Waals surface area contributed by atoms with Crippen molar-refractivity contribution in [2.75, 3.05) is 0 Å². The smallest absolute Gasteiger partial charge is 0.00169 e. The van der Waals surface area contributed by atoms with Gasteiger partial charge in [-0.25, -0.2) is 0 Å². The Balaban J connectivity index is 3.16. The van der Waals surface area contributed by atoms with Gasteiger partial charge in [-0.15, -0.1) is 0 Å². The summed E-state index contributed by atoms with van der Waals surface area (Å²) in [6.07, 6.45) is 3.75. The molecule has 0 saturated carbocycles. The Labute approximate surface area is 45.2 Å². The third-order valence-electron chi connectivity index (χ3n) is 1.28. The van der Waals surface area contributed by atoms with E-state index in [-0.39, 0.29) is 0 Å². The predicted octanol–water partition coefficient (Wildman–Crippen LogP) is 2.07. The van der Waals surface area contributed by atoms with Crippen molar-refractivity contribution in [1.29, 1.82) is 5.41 Å². The largest absolute Gasteiger partial charge is 0.313 e. The first kappa shape index (κ1) is 6.67. The van der Waals surface area contributed by atoms with Crippen LogP contribution in [0.25, 0.3) is 0 Å². The van der Waals surface area contributed by atoms with E-state index in [4.69, 9.17) is 5.41 Å². The molecule has 0 rings (SSSR count). The van der Waals surface area contributed by atoms with Crippen LogP contribution in [0.2, 0.25) is 0 Å². The summed E-state index contributed by atoms with van der Waals surface area (Å²) in [4.78, 5) is 0. The lowest BCUT2D eigenvalue weighted by molar-refractivity contribution is 0.652. The van der Waals surface area contributed by atoms with Crippen molar-refractivity contribution >= 4 is 6.21 Å². The van der Waals surface area contributed by atoms with Crippen molar-refractivity contribution in [1.82, 2.24) is 0 Å². The Kier molecular flexibility index (Phi) is 3.67. The average molecular weight is 99.2 g/mol. The van der Waals surface area contributed by atoms with Crippen LogP contribution in [0.15, 0.2) is 0 Å². The Morgan fingerprint density at radius 2 is 1.86 bits per heavy atom. The van der Waals surface area contributed by atoms with Crippen molar-refractivity contribution in [2.45, 2.75) is 26.7 Å². The van der Waals surface area contributed by atoms with Crippen molar-refractivity contribution in [2.24, 2.45) is 5.92 Å². The van der Waals surface area contributed by atoms with E-state index in [2.05, 4.69) is 13.8 Å². The summed E-state index contributed by atoms with van der Waals surface area (Å²) in [6.45, 7) is 4.22. The lowest BCUT2D eigenvalue weighted by Gasteiger charge is -1.99. The van der Waals surface area contributed by atoms with Gasteiger partial charge in [0.2, 0.25) is 0 Å². The zero-order valence-corrected chi connectivity index (χ0v) is 5.07. The lowest BCUT2D eigenvalue weighted by Crippen LogP contribution is -1.94. The first-order valence-electron chi connectivity index (χ1n) is 2.85. The molecule has 0 heterocycles. The second-order valence-electron chi connectivity index (χ2n) is 1.74. The van der Waals surface area contributed by atoms with E-state index >= 15 is 0 Å². The first-order chi connectivity index (χ1) is 3.35. The van der Waals surface area contributed by atoms with Gasteiger partial charge < -0.3 is 5.41 Å². The van der Waals surface area contributed by atoms with Gasteiger partial charge in [-0.2, -0.15) is 0 Å². The van der Waals surface area contributed by atoms with Gasteiger partial charge in [-0.3, -0.25) is 0 Å². The zero-order valence-electron chi connectivity index (χ0n) is 5.07. The number of hydrogen-bond donors (Lipinski definition) is 1. The molecule has 0 saturated heterocycles. The van der Waals surface area contributed by atoms with Gasteiger partial charge >= 0.3 is 0 Å². The van der Waals surface area contributed by atoms with Crippen molar-refractivity contribution in [3.8, 4) is 0 Å². The molecule has 1 N–H and O–H groups in total. The van der Waals surface area contributed by atoms with Gasteiger partial charge in [0.05, 0.1) is 0 Å². The van der Waals surface area contributed by atoms with Crippen LogP contribution >= 0.6 is 0 Å². The summed E-state index contributed by atoms with van der Waals surface area (Å²) in [6, 6.07) is 0. The Hall–Kier alpha value is -0.330. The fraction of sp³-hybridized carbons (Fsp3) is 0.833. The summed E-state index contributed by atoms with van der Waals surface area (Å²) in [7, 11) is 0. The van der Waals surface area contributed by atoms with E-state index in [9.17, 15) is 0 Å². The molecule has 0 atom stereocenters. The van der Waals surface area contributed by atoms with E-state index in [1.165, 1.54) is 6.21 Å². The summed E-state index contributed by atoms with van der Waals surface area (Å²) in [5.74, 6) is 0.528. The monoisotopic (exact) mass is 99.1 g/mol. The molecule has 0 aromatic carbocycles. The Morgan fingerprint density at radius 1 is 1.43 bits per heavy atom. The van der Waals surface area contributed by atoms with Gasteiger partial charge in [0.25, 0.3) is 0 Å². The highest BCUT2D eigenvalue weighted by atomic mass is 14.3. The van der Waals surface area contributed by atoms with Gasteiger partial charge in [0.1, 0.15) is 0 Å². The molecule has 0 aromatic heterocycles. The minimum Gasteiger partial charge on any atom is -0.313 e. The van der Waals surface area contributed by atoms with Gasteiger partial charge in [-0.05, 0) is 25.0 Å². The standard InChI is InChI=1S/C6H13N/c1-3-6(4-2)5-7/h5-7H,3-4H2,1-2H3. The maximum absolute atomic E-state index is 6.83. The van der Waals surface area contributed by atoms with Crippen LogP contribution < -0.4 is 0 Å². The molecule has 0 bridgehead atoms. The molecule has 7 heavy (non-hydrogen) atoms. The molecule has 1 nitrogen and oxygen atoms in total. The fourth-order valence-corrected chi connectivity index (χ4v) is 0.524. The van der Waals surface area contributed by atoms with Crippen LogP contribution in [-0.4, -0.2) is 6.21 Å². The summed E-state index contributed by atoms with van der Waals surface area (Å²) >= 11 is 0. The normalized spacial score (nSPS) is 9.57. The molecule has 0 radical (unpaired) electrons. The van der Waals surface area contributed by atoms with E-state index < -0.39 is 0 Å². The molecular formula is C6H13N.